The number of nitrogens with zero attached hydrogens (tertiary/aromatic N) is 1. The minimum absolute atomic E-state index is 0.331. The second kappa shape index (κ2) is 8.70. The Morgan fingerprint density at radius 1 is 1.27 bits per heavy atom. The maximum absolute atomic E-state index is 8.34. The zero-order valence-corrected chi connectivity index (χ0v) is 9.41. The Bertz CT molecular complexity index is 183. The number of nitriles is 1. The highest BCUT2D eigenvalue weighted by Crippen LogP contribution is 2.12. The summed E-state index contributed by atoms with van der Waals surface area (Å²) in [5.41, 5.74) is 0. The molecular weight excluding hydrogens is 190 g/mol. The first kappa shape index (κ1) is 12.5. The van der Waals surface area contributed by atoms with Crippen LogP contribution in [0.15, 0.2) is 0 Å². The average Bonchev–Trinajstić information content (AvgIpc) is 2.29. The molecule has 0 radical (unpaired) electrons. The Morgan fingerprint density at radius 2 is 2.20 bits per heavy atom. The second-order valence-corrected chi connectivity index (χ2v) is 4.03. The Balaban J connectivity index is 1.82. The molecule has 0 aromatic heterocycles. The summed E-state index contributed by atoms with van der Waals surface area (Å²) in [5, 5.41) is 8.34. The predicted molar refractivity (Wildman–Crippen MR) is 58.5 cm³/mol. The van der Waals surface area contributed by atoms with Gasteiger partial charge in [-0.05, 0) is 32.1 Å². The molecule has 1 unspecified atom stereocenters. The molecule has 15 heavy (non-hydrogen) atoms. The lowest BCUT2D eigenvalue weighted by atomic mass is 10.1. The summed E-state index contributed by atoms with van der Waals surface area (Å²) >= 11 is 0. The van der Waals surface area contributed by atoms with Crippen molar-refractivity contribution >= 4 is 0 Å². The van der Waals surface area contributed by atoms with Crippen molar-refractivity contribution < 1.29 is 9.47 Å². The lowest BCUT2D eigenvalue weighted by Gasteiger charge is -2.22. The number of rotatable bonds is 7. The largest absolute Gasteiger partial charge is 0.379 e. The monoisotopic (exact) mass is 211 g/mol. The van der Waals surface area contributed by atoms with Gasteiger partial charge in [-0.3, -0.25) is 0 Å². The molecule has 1 aliphatic rings. The van der Waals surface area contributed by atoms with Gasteiger partial charge in [-0.1, -0.05) is 6.42 Å². The zero-order valence-electron chi connectivity index (χ0n) is 9.41. The molecular formula is C12H21NO2. The fourth-order valence-electron chi connectivity index (χ4n) is 1.74. The Hall–Kier alpha value is -0.590. The van der Waals surface area contributed by atoms with E-state index in [1.165, 1.54) is 12.8 Å². The van der Waals surface area contributed by atoms with Crippen molar-refractivity contribution in [2.24, 2.45) is 0 Å². The van der Waals surface area contributed by atoms with Gasteiger partial charge in [0.05, 0.1) is 18.8 Å². The molecule has 3 nitrogen and oxygen atoms in total. The smallest absolute Gasteiger partial charge is 0.0808 e. The minimum Gasteiger partial charge on any atom is -0.379 e. The molecule has 0 aromatic carbocycles. The fourth-order valence-corrected chi connectivity index (χ4v) is 1.74. The van der Waals surface area contributed by atoms with E-state index >= 15 is 0 Å². The standard InChI is InChI=1S/C12H21NO2/c13-8-4-1-2-5-9-14-11-12-7-3-6-10-15-12/h12H,1-7,9-11H2. The van der Waals surface area contributed by atoms with Gasteiger partial charge in [0.15, 0.2) is 0 Å². The molecule has 1 atom stereocenters. The molecule has 3 heteroatoms. The highest BCUT2D eigenvalue weighted by molar-refractivity contribution is 4.67. The predicted octanol–water partition coefficient (Wildman–Crippen LogP) is 2.66. The van der Waals surface area contributed by atoms with Crippen LogP contribution in [0.4, 0.5) is 0 Å². The maximum Gasteiger partial charge on any atom is 0.0808 e. The van der Waals surface area contributed by atoms with Gasteiger partial charge < -0.3 is 9.47 Å². The van der Waals surface area contributed by atoms with Crippen molar-refractivity contribution in [1.29, 1.82) is 5.26 Å². The molecule has 1 rings (SSSR count). The number of ether oxygens (including phenoxy) is 2. The van der Waals surface area contributed by atoms with Crippen LogP contribution in [0.2, 0.25) is 0 Å². The Morgan fingerprint density at radius 3 is 2.93 bits per heavy atom. The molecule has 0 amide bonds. The van der Waals surface area contributed by atoms with E-state index in [9.17, 15) is 0 Å². The van der Waals surface area contributed by atoms with Crippen LogP contribution in [0, 0.1) is 11.3 Å². The van der Waals surface area contributed by atoms with Crippen LogP contribution in [-0.2, 0) is 9.47 Å². The topological polar surface area (TPSA) is 42.2 Å². The molecule has 0 aromatic rings. The van der Waals surface area contributed by atoms with Crippen molar-refractivity contribution in [3.63, 3.8) is 0 Å². The quantitative estimate of drug-likeness (QED) is 0.608. The van der Waals surface area contributed by atoms with Crippen molar-refractivity contribution in [3.8, 4) is 6.07 Å². The Kier molecular flexibility index (Phi) is 7.24. The highest BCUT2D eigenvalue weighted by atomic mass is 16.5. The van der Waals surface area contributed by atoms with Gasteiger partial charge in [-0.25, -0.2) is 0 Å². The molecule has 0 aliphatic carbocycles. The van der Waals surface area contributed by atoms with Crippen LogP contribution < -0.4 is 0 Å². The third-order valence-electron chi connectivity index (χ3n) is 2.65. The van der Waals surface area contributed by atoms with Crippen LogP contribution in [0.25, 0.3) is 0 Å². The first-order chi connectivity index (χ1) is 7.43. The fraction of sp³-hybridized carbons (Fsp3) is 0.917. The lowest BCUT2D eigenvalue weighted by molar-refractivity contribution is -0.0411. The van der Waals surface area contributed by atoms with Crippen LogP contribution in [0.3, 0.4) is 0 Å². The maximum atomic E-state index is 8.34. The van der Waals surface area contributed by atoms with E-state index in [1.54, 1.807) is 0 Å². The van der Waals surface area contributed by atoms with Crippen LogP contribution >= 0.6 is 0 Å². The van der Waals surface area contributed by atoms with E-state index in [1.807, 2.05) is 0 Å². The number of hydrogen-bond donors (Lipinski definition) is 0. The number of unbranched alkanes of at least 4 members (excludes halogenated alkanes) is 3. The van der Waals surface area contributed by atoms with E-state index in [4.69, 9.17) is 14.7 Å². The summed E-state index contributed by atoms with van der Waals surface area (Å²) in [7, 11) is 0. The normalized spacial score (nSPS) is 21.1. The van der Waals surface area contributed by atoms with Crippen molar-refractivity contribution in [2.45, 2.75) is 51.0 Å². The van der Waals surface area contributed by atoms with Crippen molar-refractivity contribution in [1.82, 2.24) is 0 Å². The minimum atomic E-state index is 0.331. The van der Waals surface area contributed by atoms with Gasteiger partial charge >= 0.3 is 0 Å². The van der Waals surface area contributed by atoms with Crippen molar-refractivity contribution in [3.05, 3.63) is 0 Å². The van der Waals surface area contributed by atoms with Gasteiger partial charge in [0.2, 0.25) is 0 Å². The van der Waals surface area contributed by atoms with Crippen molar-refractivity contribution in [2.75, 3.05) is 19.8 Å². The molecule has 0 saturated carbocycles. The van der Waals surface area contributed by atoms with Gasteiger partial charge in [0, 0.05) is 19.6 Å². The van der Waals surface area contributed by atoms with Crippen LogP contribution in [0.5, 0.6) is 0 Å². The molecule has 0 bridgehead atoms. The number of hydrogen-bond acceptors (Lipinski definition) is 3. The summed E-state index contributed by atoms with van der Waals surface area (Å²) in [4.78, 5) is 0. The van der Waals surface area contributed by atoms with Crippen LogP contribution in [-0.4, -0.2) is 25.9 Å². The molecule has 1 heterocycles. The summed E-state index contributed by atoms with van der Waals surface area (Å²) in [6, 6.07) is 2.15. The first-order valence-corrected chi connectivity index (χ1v) is 6.00. The van der Waals surface area contributed by atoms with E-state index in [-0.39, 0.29) is 0 Å². The highest BCUT2D eigenvalue weighted by Gasteiger charge is 2.13. The van der Waals surface area contributed by atoms with Crippen LogP contribution in [0.1, 0.15) is 44.9 Å². The molecule has 86 valence electrons. The summed E-state index contributed by atoms with van der Waals surface area (Å²) in [5.74, 6) is 0. The third-order valence-corrected chi connectivity index (χ3v) is 2.65. The van der Waals surface area contributed by atoms with E-state index in [2.05, 4.69) is 6.07 Å². The van der Waals surface area contributed by atoms with Gasteiger partial charge in [0.1, 0.15) is 0 Å². The summed E-state index contributed by atoms with van der Waals surface area (Å²) < 4.78 is 11.1. The molecule has 1 aliphatic heterocycles. The van der Waals surface area contributed by atoms with Gasteiger partial charge in [0.25, 0.3) is 0 Å². The average molecular weight is 211 g/mol. The molecule has 0 N–H and O–H groups in total. The third kappa shape index (κ3) is 6.48. The first-order valence-electron chi connectivity index (χ1n) is 6.00. The van der Waals surface area contributed by atoms with E-state index in [0.29, 0.717) is 12.5 Å². The Labute approximate surface area is 92.4 Å². The summed E-state index contributed by atoms with van der Waals surface area (Å²) in [6.45, 7) is 2.46. The van der Waals surface area contributed by atoms with E-state index in [0.717, 1.165) is 45.5 Å². The molecule has 1 fully saturated rings. The molecule has 0 spiro atoms. The second-order valence-electron chi connectivity index (χ2n) is 4.03. The molecule has 1 saturated heterocycles. The van der Waals surface area contributed by atoms with E-state index < -0.39 is 0 Å². The summed E-state index contributed by atoms with van der Waals surface area (Å²) in [6.07, 6.45) is 7.78. The zero-order chi connectivity index (χ0) is 10.8. The SMILES string of the molecule is N#CCCCCCOCC1CCCCO1. The van der Waals surface area contributed by atoms with Gasteiger partial charge in [-0.2, -0.15) is 5.26 Å². The van der Waals surface area contributed by atoms with Gasteiger partial charge in [-0.15, -0.1) is 0 Å². The lowest BCUT2D eigenvalue weighted by Crippen LogP contribution is -2.24.